The predicted molar refractivity (Wildman–Crippen MR) is 98.3 cm³/mol. The van der Waals surface area contributed by atoms with E-state index < -0.39 is 17.9 Å². The molecule has 3 rings (SSSR count). The zero-order valence-electron chi connectivity index (χ0n) is 14.3. The van der Waals surface area contributed by atoms with Gasteiger partial charge in [0.15, 0.2) is 5.78 Å². The molecule has 0 heterocycles. The fourth-order valence-corrected chi connectivity index (χ4v) is 2.65. The van der Waals surface area contributed by atoms with Crippen molar-refractivity contribution in [3.8, 4) is 5.75 Å². The third-order valence-corrected chi connectivity index (χ3v) is 4.08. The molecule has 0 saturated carbocycles. The van der Waals surface area contributed by atoms with Gasteiger partial charge in [0, 0.05) is 0 Å². The van der Waals surface area contributed by atoms with Crippen molar-refractivity contribution in [3.05, 3.63) is 101 Å². The highest BCUT2D eigenvalue weighted by Crippen LogP contribution is 2.26. The Balaban J connectivity index is 1.88. The van der Waals surface area contributed by atoms with Crippen molar-refractivity contribution < 1.29 is 19.4 Å². The van der Waals surface area contributed by atoms with Crippen LogP contribution in [0.5, 0.6) is 5.75 Å². The van der Waals surface area contributed by atoms with Crippen LogP contribution < -0.4 is 4.74 Å². The second-order valence-corrected chi connectivity index (χ2v) is 5.88. The molecule has 1 unspecified atom stereocenters. The number of Topliss-reactive ketones (excluding diaryl/α,β-unsaturated/α-hetero) is 1. The van der Waals surface area contributed by atoms with Gasteiger partial charge < -0.3 is 9.84 Å². The quantitative estimate of drug-likeness (QED) is 0.429. The van der Waals surface area contributed by atoms with E-state index in [1.165, 1.54) is 6.07 Å². The number of ether oxygens (including phenoxy) is 1. The maximum absolute atomic E-state index is 12.7. The molecule has 4 heteroatoms. The van der Waals surface area contributed by atoms with Crippen LogP contribution >= 0.6 is 0 Å². The Bertz CT molecular complexity index is 932. The van der Waals surface area contributed by atoms with Crippen molar-refractivity contribution in [3.63, 3.8) is 0 Å². The van der Waals surface area contributed by atoms with Crippen molar-refractivity contribution >= 4 is 11.8 Å². The van der Waals surface area contributed by atoms with E-state index in [-0.39, 0.29) is 11.3 Å². The minimum atomic E-state index is -1.32. The fourth-order valence-electron chi connectivity index (χ4n) is 2.65. The van der Waals surface area contributed by atoms with Crippen LogP contribution in [0.15, 0.2) is 78.9 Å². The van der Waals surface area contributed by atoms with Gasteiger partial charge in [-0.1, -0.05) is 60.7 Å². The number of esters is 1. The molecule has 0 amide bonds. The largest absolute Gasteiger partial charge is 0.422 e. The van der Waals surface area contributed by atoms with E-state index in [2.05, 4.69) is 0 Å². The highest BCUT2D eigenvalue weighted by Gasteiger charge is 2.23. The summed E-state index contributed by atoms with van der Waals surface area (Å²) in [4.78, 5) is 25.2. The second-order valence-electron chi connectivity index (χ2n) is 5.88. The van der Waals surface area contributed by atoms with Gasteiger partial charge >= 0.3 is 5.97 Å². The predicted octanol–water partition coefficient (Wildman–Crippen LogP) is 4.13. The molecule has 3 aromatic carbocycles. The van der Waals surface area contributed by atoms with Gasteiger partial charge in [-0.2, -0.15) is 0 Å². The maximum Gasteiger partial charge on any atom is 0.343 e. The molecule has 0 radical (unpaired) electrons. The highest BCUT2D eigenvalue weighted by molar-refractivity contribution is 6.03. The summed E-state index contributed by atoms with van der Waals surface area (Å²) in [5, 5.41) is 10.4. The van der Waals surface area contributed by atoms with Gasteiger partial charge in [-0.05, 0) is 36.2 Å². The number of carbonyl (C=O) groups is 2. The first-order valence-electron chi connectivity index (χ1n) is 8.22. The molecule has 130 valence electrons. The summed E-state index contributed by atoms with van der Waals surface area (Å²) in [6.45, 7) is 1.81. The van der Waals surface area contributed by atoms with Gasteiger partial charge in [-0.15, -0.1) is 0 Å². The number of aliphatic hydroxyl groups is 1. The minimum absolute atomic E-state index is 0.126. The van der Waals surface area contributed by atoms with E-state index >= 15 is 0 Å². The van der Waals surface area contributed by atoms with Crippen molar-refractivity contribution in [1.29, 1.82) is 0 Å². The summed E-state index contributed by atoms with van der Waals surface area (Å²) < 4.78 is 5.45. The summed E-state index contributed by atoms with van der Waals surface area (Å²) in [5.41, 5.74) is 1.85. The summed E-state index contributed by atoms with van der Waals surface area (Å²) in [5.74, 6) is -0.942. The van der Waals surface area contributed by atoms with E-state index in [0.29, 0.717) is 11.1 Å². The van der Waals surface area contributed by atoms with Crippen molar-refractivity contribution in [1.82, 2.24) is 0 Å². The molecule has 0 fully saturated rings. The zero-order valence-corrected chi connectivity index (χ0v) is 14.3. The van der Waals surface area contributed by atoms with Gasteiger partial charge in [0.2, 0.25) is 0 Å². The van der Waals surface area contributed by atoms with E-state index in [1.54, 1.807) is 60.7 Å². The molecule has 4 nitrogen and oxygen atoms in total. The number of ketones is 1. The molecule has 1 N–H and O–H groups in total. The zero-order chi connectivity index (χ0) is 18.5. The maximum atomic E-state index is 12.7. The van der Waals surface area contributed by atoms with Gasteiger partial charge in [0.1, 0.15) is 11.9 Å². The lowest BCUT2D eigenvalue weighted by Gasteiger charge is -2.14. The Labute approximate surface area is 151 Å². The molecule has 1 atom stereocenters. The molecule has 0 aliphatic heterocycles. The number of carbonyl (C=O) groups excluding carboxylic acids is 2. The van der Waals surface area contributed by atoms with E-state index in [4.69, 9.17) is 4.74 Å². The van der Waals surface area contributed by atoms with E-state index in [1.807, 2.05) is 19.1 Å². The van der Waals surface area contributed by atoms with Gasteiger partial charge in [-0.25, -0.2) is 4.79 Å². The van der Waals surface area contributed by atoms with Gasteiger partial charge in [-0.3, -0.25) is 4.79 Å². The second kappa shape index (κ2) is 7.76. The molecule has 0 aromatic heterocycles. The normalized spacial score (nSPS) is 11.6. The molecule has 26 heavy (non-hydrogen) atoms. The number of para-hydroxylation sites is 1. The standard InChI is InChI=1S/C22H18O4/c1-15-9-5-6-12-17(15)22(25)26-19-14-8-7-13-18(19)21(24)20(23)16-10-3-2-4-11-16/h2-14,20,23H,1H3. The topological polar surface area (TPSA) is 63.6 Å². The summed E-state index contributed by atoms with van der Waals surface area (Å²) in [6, 6.07) is 22.1. The van der Waals surface area contributed by atoms with Gasteiger partial charge in [0.25, 0.3) is 0 Å². The summed E-state index contributed by atoms with van der Waals surface area (Å²) in [7, 11) is 0. The Morgan fingerprint density at radius 1 is 0.808 bits per heavy atom. The monoisotopic (exact) mass is 346 g/mol. The Morgan fingerprint density at radius 3 is 2.08 bits per heavy atom. The van der Waals surface area contributed by atoms with Crippen LogP contribution in [0.2, 0.25) is 0 Å². The third kappa shape index (κ3) is 3.71. The number of hydrogen-bond acceptors (Lipinski definition) is 4. The lowest BCUT2D eigenvalue weighted by Crippen LogP contribution is -2.16. The molecular weight excluding hydrogens is 328 g/mol. The number of aryl methyl sites for hydroxylation is 1. The number of benzene rings is 3. The molecule has 0 aliphatic carbocycles. The molecule has 0 bridgehead atoms. The average molecular weight is 346 g/mol. The van der Waals surface area contributed by atoms with Crippen LogP contribution in [0.3, 0.4) is 0 Å². The van der Waals surface area contributed by atoms with Crippen LogP contribution in [-0.2, 0) is 0 Å². The lowest BCUT2D eigenvalue weighted by molar-refractivity contribution is 0.0711. The fraction of sp³-hybridized carbons (Fsp3) is 0.0909. The summed E-state index contributed by atoms with van der Waals surface area (Å²) in [6.07, 6.45) is -1.32. The summed E-state index contributed by atoms with van der Waals surface area (Å²) >= 11 is 0. The SMILES string of the molecule is Cc1ccccc1C(=O)Oc1ccccc1C(=O)C(O)c1ccccc1. The average Bonchev–Trinajstić information content (AvgIpc) is 2.68. The Hall–Kier alpha value is -3.24. The van der Waals surface area contributed by atoms with E-state index in [9.17, 15) is 14.7 Å². The molecular formula is C22H18O4. The number of hydrogen-bond donors (Lipinski definition) is 1. The number of aliphatic hydroxyl groups excluding tert-OH is 1. The van der Waals surface area contributed by atoms with E-state index in [0.717, 1.165) is 5.56 Å². The van der Waals surface area contributed by atoms with Crippen LogP contribution in [0.25, 0.3) is 0 Å². The van der Waals surface area contributed by atoms with Crippen molar-refractivity contribution in [2.75, 3.05) is 0 Å². The minimum Gasteiger partial charge on any atom is -0.422 e. The van der Waals surface area contributed by atoms with Crippen LogP contribution in [0, 0.1) is 6.92 Å². The van der Waals surface area contributed by atoms with Crippen molar-refractivity contribution in [2.45, 2.75) is 13.0 Å². The molecule has 0 saturated heterocycles. The Morgan fingerprint density at radius 2 is 1.38 bits per heavy atom. The van der Waals surface area contributed by atoms with Crippen LogP contribution in [0.1, 0.15) is 37.9 Å². The molecule has 0 aliphatic rings. The van der Waals surface area contributed by atoms with Crippen molar-refractivity contribution in [2.24, 2.45) is 0 Å². The highest BCUT2D eigenvalue weighted by atomic mass is 16.5. The first kappa shape index (κ1) is 17.6. The first-order chi connectivity index (χ1) is 12.6. The van der Waals surface area contributed by atoms with Crippen LogP contribution in [0.4, 0.5) is 0 Å². The Kier molecular flexibility index (Phi) is 5.25. The third-order valence-electron chi connectivity index (χ3n) is 4.08. The first-order valence-corrected chi connectivity index (χ1v) is 8.22. The van der Waals surface area contributed by atoms with Gasteiger partial charge in [0.05, 0.1) is 11.1 Å². The van der Waals surface area contributed by atoms with Crippen LogP contribution in [-0.4, -0.2) is 16.9 Å². The lowest BCUT2D eigenvalue weighted by atomic mass is 9.99. The molecule has 0 spiro atoms. The smallest absolute Gasteiger partial charge is 0.343 e. The molecule has 3 aromatic rings. The number of rotatable bonds is 5.